The molecule has 10 nitrogen and oxygen atoms in total. The summed E-state index contributed by atoms with van der Waals surface area (Å²) in [5.41, 5.74) is 0.443. The molecule has 0 saturated carbocycles. The number of nitrogens with one attached hydrogen (secondary N) is 1. The average molecular weight is 471 g/mol. The van der Waals surface area contributed by atoms with Crippen LogP contribution >= 0.6 is 23.2 Å². The molecule has 0 atom stereocenters. The van der Waals surface area contributed by atoms with Gasteiger partial charge in [0.15, 0.2) is 5.82 Å². The second kappa shape index (κ2) is 8.94. The number of halogens is 2. The summed E-state index contributed by atoms with van der Waals surface area (Å²) in [5.74, 6) is -0.312. The monoisotopic (exact) mass is 470 g/mol. The van der Waals surface area contributed by atoms with Crippen molar-refractivity contribution in [3.63, 3.8) is 0 Å². The first-order chi connectivity index (χ1) is 14.2. The summed E-state index contributed by atoms with van der Waals surface area (Å²) in [6.07, 6.45) is 1.37. The molecule has 30 heavy (non-hydrogen) atoms. The van der Waals surface area contributed by atoms with Gasteiger partial charge in [-0.1, -0.05) is 23.2 Å². The van der Waals surface area contributed by atoms with E-state index in [0.29, 0.717) is 11.5 Å². The molecule has 158 valence electrons. The number of ether oxygens (including phenoxy) is 1. The smallest absolute Gasteiger partial charge is 0.339 e. The second-order valence-corrected chi connectivity index (χ2v) is 8.49. The Balaban J connectivity index is 2.01. The van der Waals surface area contributed by atoms with Gasteiger partial charge in [0.2, 0.25) is 0 Å². The third-order valence-electron chi connectivity index (χ3n) is 3.80. The van der Waals surface area contributed by atoms with E-state index in [2.05, 4.69) is 25.1 Å². The number of hydrogen-bond acceptors (Lipinski definition) is 8. The van der Waals surface area contributed by atoms with E-state index >= 15 is 0 Å². The van der Waals surface area contributed by atoms with Gasteiger partial charge in [-0.25, -0.2) is 13.2 Å². The Hall–Kier alpha value is -2.76. The number of hydrogen-bond donors (Lipinski definition) is 1. The lowest BCUT2D eigenvalue weighted by atomic mass is 10.2. The Kier molecular flexibility index (Phi) is 6.54. The lowest BCUT2D eigenvalue weighted by molar-refractivity contribution is 0.0526. The van der Waals surface area contributed by atoms with E-state index in [9.17, 15) is 13.2 Å². The highest BCUT2D eigenvalue weighted by atomic mass is 35.5. The molecule has 0 unspecified atom stereocenters. The van der Waals surface area contributed by atoms with E-state index < -0.39 is 16.0 Å². The quantitative estimate of drug-likeness (QED) is 0.521. The number of carbonyl (C=O) groups is 1. The minimum Gasteiger partial charge on any atom is -0.462 e. The number of rotatable bonds is 7. The Morgan fingerprint density at radius 2 is 2.00 bits per heavy atom. The van der Waals surface area contributed by atoms with Crippen molar-refractivity contribution in [2.24, 2.45) is 7.05 Å². The molecule has 0 saturated heterocycles. The van der Waals surface area contributed by atoms with Crippen molar-refractivity contribution < 1.29 is 17.9 Å². The van der Waals surface area contributed by atoms with Crippen LogP contribution in [0.5, 0.6) is 0 Å². The van der Waals surface area contributed by atoms with E-state index in [0.717, 1.165) is 0 Å². The van der Waals surface area contributed by atoms with Crippen LogP contribution in [0.25, 0.3) is 0 Å². The molecular weight excluding hydrogens is 455 g/mol. The number of carbonyl (C=O) groups excluding carboxylic acids is 1. The molecule has 13 heteroatoms. The summed E-state index contributed by atoms with van der Waals surface area (Å²) < 4.78 is 33.1. The minimum atomic E-state index is -4.06. The lowest BCUT2D eigenvalue weighted by Crippen LogP contribution is -2.16. The zero-order valence-corrected chi connectivity index (χ0v) is 18.2. The van der Waals surface area contributed by atoms with Crippen LogP contribution in [0.2, 0.25) is 10.0 Å². The van der Waals surface area contributed by atoms with Crippen LogP contribution in [-0.4, -0.2) is 46.2 Å². The number of aromatic nitrogens is 5. The van der Waals surface area contributed by atoms with Gasteiger partial charge in [0, 0.05) is 6.20 Å². The average Bonchev–Trinajstić information content (AvgIpc) is 3.10. The van der Waals surface area contributed by atoms with Gasteiger partial charge in [-0.2, -0.15) is 4.80 Å². The van der Waals surface area contributed by atoms with Gasteiger partial charge in [0.1, 0.15) is 0 Å². The van der Waals surface area contributed by atoms with Crippen molar-refractivity contribution in [2.75, 3.05) is 11.3 Å². The van der Waals surface area contributed by atoms with Crippen molar-refractivity contribution in [1.29, 1.82) is 0 Å². The van der Waals surface area contributed by atoms with E-state index in [1.807, 2.05) is 0 Å². The topological polar surface area (TPSA) is 129 Å². The molecule has 0 aliphatic carbocycles. The van der Waals surface area contributed by atoms with E-state index in [1.54, 1.807) is 14.0 Å². The fraction of sp³-hybridized carbons (Fsp3) is 0.235. The maximum atomic E-state index is 12.9. The zero-order chi connectivity index (χ0) is 21.9. The fourth-order valence-corrected chi connectivity index (χ4v) is 3.91. The van der Waals surface area contributed by atoms with Gasteiger partial charge >= 0.3 is 5.97 Å². The van der Waals surface area contributed by atoms with Crippen LogP contribution in [-0.2, 0) is 28.2 Å². The number of sulfonamides is 1. The highest BCUT2D eigenvalue weighted by Gasteiger charge is 2.21. The largest absolute Gasteiger partial charge is 0.462 e. The molecule has 2 aromatic heterocycles. The van der Waals surface area contributed by atoms with Crippen molar-refractivity contribution in [1.82, 2.24) is 25.2 Å². The van der Waals surface area contributed by atoms with Crippen LogP contribution in [0, 0.1) is 0 Å². The highest BCUT2D eigenvalue weighted by Crippen LogP contribution is 2.27. The van der Waals surface area contributed by atoms with Crippen LogP contribution in [0.4, 0.5) is 5.69 Å². The first-order valence-electron chi connectivity index (χ1n) is 8.56. The summed E-state index contributed by atoms with van der Waals surface area (Å²) in [4.78, 5) is 17.4. The lowest BCUT2D eigenvalue weighted by Gasteiger charge is -2.13. The summed E-state index contributed by atoms with van der Waals surface area (Å²) in [7, 11) is -2.46. The van der Waals surface area contributed by atoms with Crippen LogP contribution in [0.1, 0.15) is 28.8 Å². The van der Waals surface area contributed by atoms with Gasteiger partial charge in [0.25, 0.3) is 10.0 Å². The van der Waals surface area contributed by atoms with Gasteiger partial charge in [-0.15, -0.1) is 10.2 Å². The number of tetrazole rings is 1. The third kappa shape index (κ3) is 5.04. The Morgan fingerprint density at radius 1 is 1.23 bits per heavy atom. The number of pyridine rings is 1. The Morgan fingerprint density at radius 3 is 2.63 bits per heavy atom. The normalized spacial score (nSPS) is 11.3. The SMILES string of the molecule is CCOC(=O)c1cnc(Cc2nnn(C)n2)c(NS(=O)(=O)c2ccc(Cl)c(Cl)c2)c1. The standard InChI is InChI=1S/C17H16Cl2N6O4S/c1-3-29-17(26)10-6-15(14(20-9-10)8-16-21-24-25(2)22-16)23-30(27,28)11-4-5-12(18)13(19)7-11/h4-7,9,23H,3,8H2,1-2H3. The van der Waals surface area contributed by atoms with E-state index in [1.165, 1.54) is 35.3 Å². The Labute approximate surface area is 182 Å². The summed E-state index contributed by atoms with van der Waals surface area (Å²) >= 11 is 11.8. The first-order valence-corrected chi connectivity index (χ1v) is 10.8. The number of benzene rings is 1. The molecular formula is C17H16Cl2N6O4S. The van der Waals surface area contributed by atoms with Gasteiger partial charge < -0.3 is 4.74 Å². The zero-order valence-electron chi connectivity index (χ0n) is 15.8. The van der Waals surface area contributed by atoms with Crippen LogP contribution < -0.4 is 4.72 Å². The molecule has 0 bridgehead atoms. The molecule has 3 rings (SSSR count). The predicted octanol–water partition coefficient (Wildman–Crippen LogP) is 2.48. The van der Waals surface area contributed by atoms with E-state index in [4.69, 9.17) is 27.9 Å². The van der Waals surface area contributed by atoms with Crippen molar-refractivity contribution in [3.05, 3.63) is 57.6 Å². The maximum Gasteiger partial charge on any atom is 0.339 e. The molecule has 0 spiro atoms. The number of nitrogens with zero attached hydrogens (tertiary/aromatic N) is 5. The molecule has 0 aliphatic rings. The van der Waals surface area contributed by atoms with Crippen molar-refractivity contribution in [3.8, 4) is 0 Å². The number of aryl methyl sites for hydroxylation is 1. The van der Waals surface area contributed by atoms with Gasteiger partial charge in [-0.3, -0.25) is 9.71 Å². The highest BCUT2D eigenvalue weighted by molar-refractivity contribution is 7.92. The van der Waals surface area contributed by atoms with E-state index in [-0.39, 0.29) is 39.2 Å². The third-order valence-corrected chi connectivity index (χ3v) is 5.90. The van der Waals surface area contributed by atoms with Crippen LogP contribution in [0.3, 0.4) is 0 Å². The van der Waals surface area contributed by atoms with Gasteiger partial charge in [-0.05, 0) is 36.4 Å². The summed E-state index contributed by atoms with van der Waals surface area (Å²) in [6, 6.07) is 5.24. The molecule has 3 aromatic rings. The molecule has 0 amide bonds. The minimum absolute atomic E-state index is 0.0686. The number of esters is 1. The summed E-state index contributed by atoms with van der Waals surface area (Å²) in [6.45, 7) is 1.82. The molecule has 0 fully saturated rings. The molecule has 1 N–H and O–H groups in total. The van der Waals surface area contributed by atoms with Crippen LogP contribution in [0.15, 0.2) is 35.4 Å². The Bertz CT molecular complexity index is 1200. The second-order valence-electron chi connectivity index (χ2n) is 5.99. The predicted molar refractivity (Wildman–Crippen MR) is 109 cm³/mol. The van der Waals surface area contributed by atoms with Crippen molar-refractivity contribution in [2.45, 2.75) is 18.2 Å². The molecule has 0 aliphatic heterocycles. The molecule has 2 heterocycles. The molecule has 0 radical (unpaired) electrons. The van der Waals surface area contributed by atoms with Crippen molar-refractivity contribution >= 4 is 44.9 Å². The maximum absolute atomic E-state index is 12.9. The number of anilines is 1. The molecule has 1 aromatic carbocycles. The van der Waals surface area contributed by atoms with Gasteiger partial charge in [0.05, 0.1) is 52.0 Å². The first kappa shape index (κ1) is 21.9. The summed E-state index contributed by atoms with van der Waals surface area (Å²) in [5, 5.41) is 12.0. The fourth-order valence-electron chi connectivity index (χ4n) is 2.44.